The monoisotopic (exact) mass is 376 g/mol. The molecule has 0 amide bonds. The maximum Gasteiger partial charge on any atom is 0.170 e. The number of aromatic nitrogens is 2. The molecule has 2 aromatic heterocycles. The lowest BCUT2D eigenvalue weighted by atomic mass is 10.0. The van der Waals surface area contributed by atoms with Gasteiger partial charge in [-0.25, -0.2) is 0 Å². The molecular formula is C22H24N4S. The number of rotatable bonds is 5. The van der Waals surface area contributed by atoms with Crippen LogP contribution in [0.25, 0.3) is 0 Å². The molecular weight excluding hydrogens is 352 g/mol. The van der Waals surface area contributed by atoms with Gasteiger partial charge in [0.15, 0.2) is 5.11 Å². The van der Waals surface area contributed by atoms with E-state index in [-0.39, 0.29) is 12.1 Å². The van der Waals surface area contributed by atoms with Crippen LogP contribution in [0.5, 0.6) is 0 Å². The van der Waals surface area contributed by atoms with Gasteiger partial charge in [-0.2, -0.15) is 0 Å². The molecule has 5 heteroatoms. The van der Waals surface area contributed by atoms with Crippen LogP contribution in [-0.2, 0) is 6.54 Å². The summed E-state index contributed by atoms with van der Waals surface area (Å²) in [6.07, 6.45) is 4.00. The molecule has 1 saturated heterocycles. The Hall–Kier alpha value is -2.66. The minimum Gasteiger partial charge on any atom is -0.352 e. The van der Waals surface area contributed by atoms with E-state index in [0.29, 0.717) is 6.04 Å². The zero-order valence-corrected chi connectivity index (χ0v) is 16.4. The van der Waals surface area contributed by atoms with Crippen molar-refractivity contribution in [3.63, 3.8) is 0 Å². The molecule has 0 aliphatic carbocycles. The van der Waals surface area contributed by atoms with Crippen LogP contribution in [0.3, 0.4) is 0 Å². The summed E-state index contributed by atoms with van der Waals surface area (Å²) in [5, 5.41) is 4.30. The van der Waals surface area contributed by atoms with Gasteiger partial charge in [-0.3, -0.25) is 4.98 Å². The number of thiocarbonyl (C=S) groups is 1. The molecule has 27 heavy (non-hydrogen) atoms. The molecule has 2 atom stereocenters. The van der Waals surface area contributed by atoms with Gasteiger partial charge in [0.1, 0.15) is 0 Å². The van der Waals surface area contributed by atoms with Gasteiger partial charge in [-0.15, -0.1) is 0 Å². The van der Waals surface area contributed by atoms with Crippen LogP contribution in [0.1, 0.15) is 48.9 Å². The molecule has 4 nitrogen and oxygen atoms in total. The predicted octanol–water partition coefficient (Wildman–Crippen LogP) is 4.64. The Morgan fingerprint density at radius 3 is 2.52 bits per heavy atom. The second-order valence-electron chi connectivity index (χ2n) is 7.17. The lowest BCUT2D eigenvalue weighted by molar-refractivity contribution is 0.293. The highest BCUT2D eigenvalue weighted by molar-refractivity contribution is 7.80. The van der Waals surface area contributed by atoms with Gasteiger partial charge in [0.25, 0.3) is 0 Å². The lowest BCUT2D eigenvalue weighted by Gasteiger charge is -2.30. The summed E-state index contributed by atoms with van der Waals surface area (Å²) >= 11 is 5.75. The number of nitrogens with zero attached hydrogens (tertiary/aromatic N) is 3. The van der Waals surface area contributed by atoms with Gasteiger partial charge in [-0.05, 0) is 55.9 Å². The molecule has 1 aliphatic heterocycles. The van der Waals surface area contributed by atoms with Crippen molar-refractivity contribution in [2.45, 2.75) is 38.5 Å². The van der Waals surface area contributed by atoms with Crippen LogP contribution in [-0.4, -0.2) is 19.6 Å². The summed E-state index contributed by atoms with van der Waals surface area (Å²) in [4.78, 5) is 6.90. The average Bonchev–Trinajstić information content (AvgIpc) is 3.28. The van der Waals surface area contributed by atoms with Crippen LogP contribution in [0.15, 0.2) is 73.1 Å². The van der Waals surface area contributed by atoms with Gasteiger partial charge in [0, 0.05) is 30.7 Å². The van der Waals surface area contributed by atoms with Crippen molar-refractivity contribution in [3.8, 4) is 0 Å². The van der Waals surface area contributed by atoms with Gasteiger partial charge >= 0.3 is 0 Å². The Morgan fingerprint density at radius 2 is 1.81 bits per heavy atom. The SMILES string of the molecule is CC(C)n1cccc1[C@@H]1[C@@H](c2ccccn2)NC(=S)N1Cc1ccccc1. The smallest absolute Gasteiger partial charge is 0.170 e. The Balaban J connectivity index is 1.77. The fourth-order valence-corrected chi connectivity index (χ4v) is 4.11. The van der Waals surface area contributed by atoms with Gasteiger partial charge in [0.05, 0.1) is 17.8 Å². The normalized spacial score (nSPS) is 19.5. The predicted molar refractivity (Wildman–Crippen MR) is 112 cm³/mol. The highest BCUT2D eigenvalue weighted by Gasteiger charge is 2.41. The van der Waals surface area contributed by atoms with E-state index in [1.807, 2.05) is 24.4 Å². The molecule has 1 aromatic carbocycles. The van der Waals surface area contributed by atoms with E-state index in [1.165, 1.54) is 11.3 Å². The minimum atomic E-state index is 0.0230. The molecule has 0 unspecified atom stereocenters. The molecule has 1 fully saturated rings. The molecule has 1 aliphatic rings. The summed E-state index contributed by atoms with van der Waals surface area (Å²) in [6.45, 7) is 5.19. The second-order valence-corrected chi connectivity index (χ2v) is 7.56. The van der Waals surface area contributed by atoms with Crippen LogP contribution < -0.4 is 5.32 Å². The summed E-state index contributed by atoms with van der Waals surface area (Å²) < 4.78 is 2.33. The zero-order chi connectivity index (χ0) is 18.8. The van der Waals surface area contributed by atoms with E-state index >= 15 is 0 Å². The molecule has 0 spiro atoms. The van der Waals surface area contributed by atoms with Crippen LogP contribution in [0.4, 0.5) is 0 Å². The van der Waals surface area contributed by atoms with Crippen molar-refractivity contribution >= 4 is 17.3 Å². The number of hydrogen-bond donors (Lipinski definition) is 1. The van der Waals surface area contributed by atoms with Crippen molar-refractivity contribution in [2.24, 2.45) is 0 Å². The molecule has 3 heterocycles. The first-order valence-corrected chi connectivity index (χ1v) is 9.74. The van der Waals surface area contributed by atoms with Crippen LogP contribution in [0.2, 0.25) is 0 Å². The molecule has 0 bridgehead atoms. The number of nitrogens with one attached hydrogen (secondary N) is 1. The highest BCUT2D eigenvalue weighted by Crippen LogP contribution is 2.40. The van der Waals surface area contributed by atoms with Crippen molar-refractivity contribution < 1.29 is 0 Å². The Kier molecular flexibility index (Phi) is 4.94. The van der Waals surface area contributed by atoms with E-state index in [9.17, 15) is 0 Å². The maximum atomic E-state index is 5.75. The quantitative estimate of drug-likeness (QED) is 0.658. The molecule has 0 saturated carbocycles. The standard InChI is InChI=1S/C22H24N4S/c1-16(2)25-14-8-12-19(25)21-20(18-11-6-7-13-23-18)24-22(27)26(21)15-17-9-4-3-5-10-17/h3-14,16,20-21H,15H2,1-2H3,(H,24,27)/t20-,21-/m1/s1. The van der Waals surface area contributed by atoms with E-state index in [0.717, 1.165) is 17.4 Å². The molecule has 1 N–H and O–H groups in total. The third-order valence-electron chi connectivity index (χ3n) is 5.06. The summed E-state index contributed by atoms with van der Waals surface area (Å²) in [6, 6.07) is 21.4. The summed E-state index contributed by atoms with van der Waals surface area (Å²) in [5.74, 6) is 0. The van der Waals surface area contributed by atoms with Gasteiger partial charge < -0.3 is 14.8 Å². The first-order chi connectivity index (χ1) is 13.1. The molecule has 0 radical (unpaired) electrons. The third-order valence-corrected chi connectivity index (χ3v) is 5.42. The highest BCUT2D eigenvalue weighted by atomic mass is 32.1. The van der Waals surface area contributed by atoms with Crippen molar-refractivity contribution in [1.82, 2.24) is 19.8 Å². The van der Waals surface area contributed by atoms with E-state index in [2.05, 4.69) is 82.3 Å². The summed E-state index contributed by atoms with van der Waals surface area (Å²) in [5.41, 5.74) is 3.51. The molecule has 3 aromatic rings. The van der Waals surface area contributed by atoms with Crippen molar-refractivity contribution in [1.29, 1.82) is 0 Å². The van der Waals surface area contributed by atoms with E-state index in [1.54, 1.807) is 0 Å². The first-order valence-electron chi connectivity index (χ1n) is 9.34. The van der Waals surface area contributed by atoms with E-state index < -0.39 is 0 Å². The maximum absolute atomic E-state index is 5.75. The Morgan fingerprint density at radius 1 is 1.04 bits per heavy atom. The molecule has 4 rings (SSSR count). The number of hydrogen-bond acceptors (Lipinski definition) is 2. The Bertz CT molecular complexity index is 904. The topological polar surface area (TPSA) is 33.1 Å². The first kappa shape index (κ1) is 17.7. The van der Waals surface area contributed by atoms with Crippen molar-refractivity contribution in [3.05, 3.63) is 90.0 Å². The Labute approximate surface area is 165 Å². The lowest BCUT2D eigenvalue weighted by Crippen LogP contribution is -2.30. The molecule has 138 valence electrons. The fourth-order valence-electron chi connectivity index (χ4n) is 3.81. The average molecular weight is 377 g/mol. The van der Waals surface area contributed by atoms with Crippen LogP contribution >= 0.6 is 12.2 Å². The van der Waals surface area contributed by atoms with E-state index in [4.69, 9.17) is 12.2 Å². The third kappa shape index (κ3) is 3.47. The largest absolute Gasteiger partial charge is 0.352 e. The fraction of sp³-hybridized carbons (Fsp3) is 0.273. The van der Waals surface area contributed by atoms with Crippen LogP contribution in [0, 0.1) is 0 Å². The summed E-state index contributed by atoms with van der Waals surface area (Å²) in [7, 11) is 0. The van der Waals surface area contributed by atoms with Gasteiger partial charge in [0.2, 0.25) is 0 Å². The van der Waals surface area contributed by atoms with Crippen molar-refractivity contribution in [2.75, 3.05) is 0 Å². The zero-order valence-electron chi connectivity index (χ0n) is 15.6. The number of benzene rings is 1. The second kappa shape index (κ2) is 7.53. The number of pyridine rings is 1. The van der Waals surface area contributed by atoms with Gasteiger partial charge in [-0.1, -0.05) is 36.4 Å². The minimum absolute atomic E-state index is 0.0230.